The van der Waals surface area contributed by atoms with E-state index in [0.29, 0.717) is 0 Å². The van der Waals surface area contributed by atoms with E-state index in [-0.39, 0.29) is 23.6 Å². The molecule has 2 nitrogen and oxygen atoms in total. The lowest BCUT2D eigenvalue weighted by molar-refractivity contribution is -0.138. The number of aromatic nitrogens is 1. The van der Waals surface area contributed by atoms with E-state index >= 15 is 0 Å². The van der Waals surface area contributed by atoms with Gasteiger partial charge in [0.2, 0.25) is 0 Å². The number of alkyl halides is 3. The number of hydrogen-bond donors (Lipinski definition) is 0. The molecule has 0 radical (unpaired) electrons. The molecular weight excluding hydrogens is 219 g/mol. The number of rotatable bonds is 2. The first-order chi connectivity index (χ1) is 7.27. The topological polar surface area (TPSA) is 22.0 Å². The van der Waals surface area contributed by atoms with Crippen LogP contribution in [0, 0.1) is 0 Å². The minimum Gasteiger partial charge on any atom is -0.315 e. The first-order valence-electron chi connectivity index (χ1n) is 5.09. The zero-order chi connectivity index (χ0) is 12.5. The van der Waals surface area contributed by atoms with E-state index in [2.05, 4.69) is 0 Å². The second-order valence-electron chi connectivity index (χ2n) is 3.93. The highest BCUT2D eigenvalue weighted by atomic mass is 19.4. The number of hydrogen-bond acceptors (Lipinski definition) is 1. The summed E-state index contributed by atoms with van der Waals surface area (Å²) in [5, 5.41) is 0. The predicted octanol–water partition coefficient (Wildman–Crippen LogP) is 3.01. The summed E-state index contributed by atoms with van der Waals surface area (Å²) in [4.78, 5) is 11.7. The quantitative estimate of drug-likeness (QED) is 0.769. The summed E-state index contributed by atoms with van der Waals surface area (Å²) in [6.45, 7) is 5.29. The van der Waals surface area contributed by atoms with E-state index in [1.54, 1.807) is 20.8 Å². The maximum absolute atomic E-state index is 12.6. The second kappa shape index (κ2) is 4.31. The van der Waals surface area contributed by atoms with Crippen molar-refractivity contribution in [2.24, 2.45) is 0 Å². The third kappa shape index (κ3) is 2.46. The van der Waals surface area contributed by atoms with Crippen molar-refractivity contribution in [1.29, 1.82) is 0 Å². The standard InChI is InChI=1S/C11H14F3NO/c1-4-15-6-8(11(12,13)14)5-9(7(2)3)10(15)16/h5-7H,4H2,1-3H3. The fourth-order valence-corrected chi connectivity index (χ4v) is 1.46. The number of halogens is 3. The van der Waals surface area contributed by atoms with Gasteiger partial charge in [0.1, 0.15) is 0 Å². The molecule has 5 heteroatoms. The monoisotopic (exact) mass is 233 g/mol. The Morgan fingerprint density at radius 1 is 1.38 bits per heavy atom. The van der Waals surface area contributed by atoms with Gasteiger partial charge >= 0.3 is 6.18 Å². The van der Waals surface area contributed by atoms with Crippen molar-refractivity contribution in [3.63, 3.8) is 0 Å². The van der Waals surface area contributed by atoms with Gasteiger partial charge in [-0.3, -0.25) is 4.79 Å². The van der Waals surface area contributed by atoms with Crippen molar-refractivity contribution in [2.45, 2.75) is 39.4 Å². The van der Waals surface area contributed by atoms with Crippen LogP contribution in [0.25, 0.3) is 0 Å². The summed E-state index contributed by atoms with van der Waals surface area (Å²) in [6.07, 6.45) is -3.54. The molecule has 16 heavy (non-hydrogen) atoms. The maximum atomic E-state index is 12.6. The number of pyridine rings is 1. The Kier molecular flexibility index (Phi) is 3.45. The third-order valence-electron chi connectivity index (χ3n) is 2.40. The molecule has 0 aliphatic rings. The lowest BCUT2D eigenvalue weighted by Crippen LogP contribution is -2.26. The lowest BCUT2D eigenvalue weighted by atomic mass is 10.0. The second-order valence-corrected chi connectivity index (χ2v) is 3.93. The maximum Gasteiger partial charge on any atom is 0.417 e. The highest BCUT2D eigenvalue weighted by Gasteiger charge is 2.32. The van der Waals surface area contributed by atoms with Crippen LogP contribution in [0.2, 0.25) is 0 Å². The number of nitrogens with zero attached hydrogens (tertiary/aromatic N) is 1. The zero-order valence-electron chi connectivity index (χ0n) is 9.43. The Morgan fingerprint density at radius 3 is 2.31 bits per heavy atom. The molecule has 0 fully saturated rings. The third-order valence-corrected chi connectivity index (χ3v) is 2.40. The molecule has 0 bridgehead atoms. The summed E-state index contributed by atoms with van der Waals surface area (Å²) < 4.78 is 38.8. The van der Waals surface area contributed by atoms with Crippen LogP contribution < -0.4 is 5.56 Å². The molecule has 1 rings (SSSR count). The van der Waals surface area contributed by atoms with E-state index < -0.39 is 11.7 Å². The first kappa shape index (κ1) is 12.8. The largest absolute Gasteiger partial charge is 0.417 e. The Morgan fingerprint density at radius 2 is 1.94 bits per heavy atom. The summed E-state index contributed by atoms with van der Waals surface area (Å²) in [6, 6.07) is 0.944. The fraction of sp³-hybridized carbons (Fsp3) is 0.545. The number of aryl methyl sites for hydroxylation is 1. The van der Waals surface area contributed by atoms with Crippen LogP contribution >= 0.6 is 0 Å². The average Bonchev–Trinajstić information content (AvgIpc) is 2.15. The molecule has 0 N–H and O–H groups in total. The molecule has 1 aromatic heterocycles. The molecular formula is C11H14F3NO. The molecule has 0 atom stereocenters. The van der Waals surface area contributed by atoms with E-state index in [4.69, 9.17) is 0 Å². The summed E-state index contributed by atoms with van der Waals surface area (Å²) in [5.41, 5.74) is -0.903. The molecule has 90 valence electrons. The van der Waals surface area contributed by atoms with Gasteiger partial charge in [-0.25, -0.2) is 0 Å². The van der Waals surface area contributed by atoms with Gasteiger partial charge in [0.15, 0.2) is 0 Å². The minimum atomic E-state index is -4.41. The van der Waals surface area contributed by atoms with Gasteiger partial charge in [-0.2, -0.15) is 13.2 Å². The molecule has 0 unspecified atom stereocenters. The van der Waals surface area contributed by atoms with Crippen LogP contribution in [0.3, 0.4) is 0 Å². The van der Waals surface area contributed by atoms with Crippen molar-refractivity contribution in [3.8, 4) is 0 Å². The molecule has 0 saturated carbocycles. The summed E-state index contributed by atoms with van der Waals surface area (Å²) >= 11 is 0. The van der Waals surface area contributed by atoms with Gasteiger partial charge in [-0.05, 0) is 18.9 Å². The van der Waals surface area contributed by atoms with Gasteiger partial charge in [0, 0.05) is 18.3 Å². The molecule has 1 heterocycles. The van der Waals surface area contributed by atoms with Crippen LogP contribution in [0.1, 0.15) is 37.8 Å². The van der Waals surface area contributed by atoms with Gasteiger partial charge in [-0.15, -0.1) is 0 Å². The average molecular weight is 233 g/mol. The Bertz CT molecular complexity index is 432. The van der Waals surface area contributed by atoms with Crippen molar-refractivity contribution in [1.82, 2.24) is 4.57 Å². The molecule has 0 aliphatic heterocycles. The molecule has 1 aromatic rings. The Labute approximate surface area is 91.7 Å². The van der Waals surface area contributed by atoms with E-state index in [0.717, 1.165) is 16.8 Å². The highest BCUT2D eigenvalue weighted by Crippen LogP contribution is 2.29. The van der Waals surface area contributed by atoms with Gasteiger partial charge in [0.05, 0.1) is 5.56 Å². The van der Waals surface area contributed by atoms with E-state index in [1.807, 2.05) is 0 Å². The van der Waals surface area contributed by atoms with Gasteiger partial charge in [-0.1, -0.05) is 13.8 Å². The Hall–Kier alpha value is -1.26. The SMILES string of the molecule is CCn1cc(C(F)(F)F)cc(C(C)C)c1=O. The normalized spacial score (nSPS) is 12.2. The predicted molar refractivity (Wildman–Crippen MR) is 55.5 cm³/mol. The van der Waals surface area contributed by atoms with E-state index in [1.165, 1.54) is 0 Å². The van der Waals surface area contributed by atoms with Crippen molar-refractivity contribution in [2.75, 3.05) is 0 Å². The molecule has 0 aromatic carbocycles. The molecule has 0 aliphatic carbocycles. The Balaban J connectivity index is 3.47. The highest BCUT2D eigenvalue weighted by molar-refractivity contribution is 5.24. The minimum absolute atomic E-state index is 0.205. The molecule has 0 amide bonds. The van der Waals surface area contributed by atoms with Crippen LogP contribution in [-0.2, 0) is 12.7 Å². The molecule has 0 spiro atoms. The van der Waals surface area contributed by atoms with Crippen LogP contribution in [0.15, 0.2) is 17.1 Å². The fourth-order valence-electron chi connectivity index (χ4n) is 1.46. The van der Waals surface area contributed by atoms with E-state index in [9.17, 15) is 18.0 Å². The van der Waals surface area contributed by atoms with Crippen LogP contribution in [0.4, 0.5) is 13.2 Å². The van der Waals surface area contributed by atoms with Gasteiger partial charge in [0.25, 0.3) is 5.56 Å². The molecule has 0 saturated heterocycles. The smallest absolute Gasteiger partial charge is 0.315 e. The summed E-state index contributed by atoms with van der Waals surface area (Å²) in [7, 11) is 0. The van der Waals surface area contributed by atoms with Crippen LogP contribution in [-0.4, -0.2) is 4.57 Å². The van der Waals surface area contributed by atoms with Gasteiger partial charge < -0.3 is 4.57 Å². The lowest BCUT2D eigenvalue weighted by Gasteiger charge is -2.14. The summed E-state index contributed by atoms with van der Waals surface area (Å²) in [5.74, 6) is -0.215. The van der Waals surface area contributed by atoms with Crippen molar-refractivity contribution in [3.05, 3.63) is 33.7 Å². The van der Waals surface area contributed by atoms with Crippen LogP contribution in [0.5, 0.6) is 0 Å². The zero-order valence-corrected chi connectivity index (χ0v) is 9.43. The first-order valence-corrected chi connectivity index (χ1v) is 5.09. The van der Waals surface area contributed by atoms with Crippen molar-refractivity contribution >= 4 is 0 Å². The van der Waals surface area contributed by atoms with Crippen molar-refractivity contribution < 1.29 is 13.2 Å².